The summed E-state index contributed by atoms with van der Waals surface area (Å²) < 4.78 is 13.7. The molecule has 19 heavy (non-hydrogen) atoms. The first kappa shape index (κ1) is 13.4. The molecule has 2 nitrogen and oxygen atoms in total. The smallest absolute Gasteiger partial charge is 0.129 e. The Bertz CT molecular complexity index is 620. The molecule has 0 spiro atoms. The summed E-state index contributed by atoms with van der Waals surface area (Å²) in [6.07, 6.45) is 2.01. The number of halogens is 1. The highest BCUT2D eigenvalue weighted by Gasteiger charge is 2.03. The lowest BCUT2D eigenvalue weighted by molar-refractivity contribution is 0.612. The van der Waals surface area contributed by atoms with Crippen molar-refractivity contribution >= 4 is 17.4 Å². The molecular weight excluding hydrogens is 259 g/mol. The van der Waals surface area contributed by atoms with Crippen LogP contribution in [-0.4, -0.2) is 6.26 Å². The summed E-state index contributed by atoms with van der Waals surface area (Å²) in [5, 5.41) is 11.9. The first-order chi connectivity index (χ1) is 9.22. The Morgan fingerprint density at radius 3 is 2.79 bits per heavy atom. The largest absolute Gasteiger partial charge is 0.381 e. The van der Waals surface area contributed by atoms with E-state index in [1.54, 1.807) is 23.9 Å². The molecule has 4 heteroatoms. The van der Waals surface area contributed by atoms with E-state index in [4.69, 9.17) is 5.26 Å². The number of hydrogen-bond donors (Lipinski definition) is 1. The Hall–Kier alpha value is -1.99. The van der Waals surface area contributed by atoms with Gasteiger partial charge in [0.25, 0.3) is 0 Å². The predicted octanol–water partition coefficient (Wildman–Crippen LogP) is 4.03. The molecule has 0 radical (unpaired) electrons. The van der Waals surface area contributed by atoms with Crippen LogP contribution in [0, 0.1) is 17.1 Å². The molecule has 96 valence electrons. The van der Waals surface area contributed by atoms with Crippen molar-refractivity contribution in [3.05, 3.63) is 59.4 Å². The van der Waals surface area contributed by atoms with Crippen molar-refractivity contribution in [3.8, 4) is 6.07 Å². The van der Waals surface area contributed by atoms with Gasteiger partial charge in [-0.25, -0.2) is 4.39 Å². The average molecular weight is 272 g/mol. The first-order valence-electron chi connectivity index (χ1n) is 5.79. The van der Waals surface area contributed by atoms with Gasteiger partial charge < -0.3 is 5.32 Å². The molecule has 0 atom stereocenters. The third kappa shape index (κ3) is 3.49. The third-order valence-corrected chi connectivity index (χ3v) is 3.46. The number of nitrogens with zero attached hydrogens (tertiary/aromatic N) is 1. The Morgan fingerprint density at radius 2 is 2.11 bits per heavy atom. The van der Waals surface area contributed by atoms with E-state index in [-0.39, 0.29) is 5.82 Å². The Balaban J connectivity index is 2.08. The zero-order valence-corrected chi connectivity index (χ0v) is 11.3. The summed E-state index contributed by atoms with van der Waals surface area (Å²) in [5.74, 6) is -0.354. The van der Waals surface area contributed by atoms with Crippen molar-refractivity contribution < 1.29 is 4.39 Å². The summed E-state index contributed by atoms with van der Waals surface area (Å²) in [5.41, 5.74) is 1.84. The molecule has 0 fully saturated rings. The van der Waals surface area contributed by atoms with Crippen LogP contribution in [0.2, 0.25) is 0 Å². The summed E-state index contributed by atoms with van der Waals surface area (Å²) in [4.78, 5) is 1.16. The van der Waals surface area contributed by atoms with E-state index in [0.29, 0.717) is 17.7 Å². The van der Waals surface area contributed by atoms with E-state index < -0.39 is 0 Å². The van der Waals surface area contributed by atoms with Crippen molar-refractivity contribution in [1.82, 2.24) is 0 Å². The molecule has 1 N–H and O–H groups in total. The highest BCUT2D eigenvalue weighted by molar-refractivity contribution is 7.98. The normalized spacial score (nSPS) is 9.95. The molecule has 0 bridgehead atoms. The second-order valence-electron chi connectivity index (χ2n) is 4.00. The van der Waals surface area contributed by atoms with Crippen LogP contribution in [0.25, 0.3) is 0 Å². The lowest BCUT2D eigenvalue weighted by Gasteiger charge is -2.08. The van der Waals surface area contributed by atoms with Crippen molar-refractivity contribution in [2.24, 2.45) is 0 Å². The summed E-state index contributed by atoms with van der Waals surface area (Å²) in [6, 6.07) is 14.4. The molecule has 0 saturated carbocycles. The molecule has 0 unspecified atom stereocenters. The lowest BCUT2D eigenvalue weighted by atomic mass is 10.1. The second kappa shape index (κ2) is 6.26. The van der Waals surface area contributed by atoms with Gasteiger partial charge in [0.1, 0.15) is 5.82 Å². The molecule has 2 rings (SSSR count). The van der Waals surface area contributed by atoms with Gasteiger partial charge >= 0.3 is 0 Å². The minimum atomic E-state index is -0.354. The van der Waals surface area contributed by atoms with Gasteiger partial charge in [0.05, 0.1) is 11.6 Å². The number of thioether (sulfide) groups is 1. The first-order valence-corrected chi connectivity index (χ1v) is 7.02. The van der Waals surface area contributed by atoms with Gasteiger partial charge in [-0.05, 0) is 36.6 Å². The predicted molar refractivity (Wildman–Crippen MR) is 76.7 cm³/mol. The molecule has 0 aromatic heterocycles. The van der Waals surface area contributed by atoms with E-state index in [0.717, 1.165) is 10.6 Å². The van der Waals surface area contributed by atoms with E-state index in [2.05, 4.69) is 5.32 Å². The van der Waals surface area contributed by atoms with Crippen molar-refractivity contribution in [3.63, 3.8) is 0 Å². The third-order valence-electron chi connectivity index (χ3n) is 2.73. The SMILES string of the molecule is CSc1cccc(NCc2ccc(C#N)cc2F)c1. The van der Waals surface area contributed by atoms with Crippen LogP contribution >= 0.6 is 11.8 Å². The number of rotatable bonds is 4. The van der Waals surface area contributed by atoms with Crippen molar-refractivity contribution in [2.45, 2.75) is 11.4 Å². The molecule has 0 aliphatic rings. The molecule has 2 aromatic rings. The van der Waals surface area contributed by atoms with E-state index >= 15 is 0 Å². The maximum Gasteiger partial charge on any atom is 0.129 e. The minimum Gasteiger partial charge on any atom is -0.381 e. The maximum atomic E-state index is 13.7. The number of anilines is 1. The molecule has 2 aromatic carbocycles. The highest BCUT2D eigenvalue weighted by Crippen LogP contribution is 2.20. The van der Waals surface area contributed by atoms with Gasteiger partial charge in [0, 0.05) is 22.7 Å². The van der Waals surface area contributed by atoms with E-state index in [1.807, 2.05) is 36.6 Å². The molecule has 0 amide bonds. The summed E-state index contributed by atoms with van der Waals surface area (Å²) in [6.45, 7) is 0.398. The van der Waals surface area contributed by atoms with Crippen LogP contribution in [-0.2, 0) is 6.54 Å². The molecule has 0 aliphatic carbocycles. The van der Waals surface area contributed by atoms with Gasteiger partial charge in [-0.3, -0.25) is 0 Å². The Kier molecular flexibility index (Phi) is 4.43. The maximum absolute atomic E-state index is 13.7. The highest BCUT2D eigenvalue weighted by atomic mass is 32.2. The fraction of sp³-hybridized carbons (Fsp3) is 0.133. The zero-order valence-electron chi connectivity index (χ0n) is 10.5. The van der Waals surface area contributed by atoms with Crippen LogP contribution in [0.5, 0.6) is 0 Å². The summed E-state index contributed by atoms with van der Waals surface area (Å²) >= 11 is 1.66. The van der Waals surface area contributed by atoms with Crippen LogP contribution in [0.15, 0.2) is 47.4 Å². The fourth-order valence-corrected chi connectivity index (χ4v) is 2.15. The Morgan fingerprint density at radius 1 is 1.26 bits per heavy atom. The molecule has 0 aliphatic heterocycles. The van der Waals surface area contributed by atoms with Gasteiger partial charge in [0.15, 0.2) is 0 Å². The van der Waals surface area contributed by atoms with Crippen molar-refractivity contribution in [1.29, 1.82) is 5.26 Å². The van der Waals surface area contributed by atoms with Crippen LogP contribution < -0.4 is 5.32 Å². The topological polar surface area (TPSA) is 35.8 Å². The fourth-order valence-electron chi connectivity index (χ4n) is 1.69. The van der Waals surface area contributed by atoms with Gasteiger partial charge in [-0.2, -0.15) is 5.26 Å². The van der Waals surface area contributed by atoms with E-state index in [9.17, 15) is 4.39 Å². The zero-order chi connectivity index (χ0) is 13.7. The minimum absolute atomic E-state index is 0.339. The quantitative estimate of drug-likeness (QED) is 0.853. The van der Waals surface area contributed by atoms with Crippen LogP contribution in [0.3, 0.4) is 0 Å². The van der Waals surface area contributed by atoms with Crippen LogP contribution in [0.1, 0.15) is 11.1 Å². The summed E-state index contributed by atoms with van der Waals surface area (Å²) in [7, 11) is 0. The second-order valence-corrected chi connectivity index (χ2v) is 4.88. The lowest BCUT2D eigenvalue weighted by Crippen LogP contribution is -2.02. The van der Waals surface area contributed by atoms with Gasteiger partial charge in [-0.15, -0.1) is 11.8 Å². The number of benzene rings is 2. The molecule has 0 heterocycles. The van der Waals surface area contributed by atoms with Gasteiger partial charge in [-0.1, -0.05) is 12.1 Å². The Labute approximate surface area is 116 Å². The number of hydrogen-bond acceptors (Lipinski definition) is 3. The van der Waals surface area contributed by atoms with Crippen molar-refractivity contribution in [2.75, 3.05) is 11.6 Å². The molecule has 0 saturated heterocycles. The number of nitriles is 1. The van der Waals surface area contributed by atoms with Gasteiger partial charge in [0.2, 0.25) is 0 Å². The standard InChI is InChI=1S/C15H13FN2S/c1-19-14-4-2-3-13(8-14)18-10-12-6-5-11(9-17)7-15(12)16/h2-8,18H,10H2,1H3. The van der Waals surface area contributed by atoms with E-state index in [1.165, 1.54) is 6.07 Å². The molecular formula is C15H13FN2S. The monoisotopic (exact) mass is 272 g/mol. The number of nitrogens with one attached hydrogen (secondary N) is 1. The average Bonchev–Trinajstić information content (AvgIpc) is 2.46. The van der Waals surface area contributed by atoms with Crippen LogP contribution in [0.4, 0.5) is 10.1 Å².